The minimum absolute atomic E-state index is 0.133. The summed E-state index contributed by atoms with van der Waals surface area (Å²) in [6, 6.07) is -1.68. The first-order valence-corrected chi connectivity index (χ1v) is 14.1. The summed E-state index contributed by atoms with van der Waals surface area (Å²) in [6.45, 7) is 16.4. The van der Waals surface area contributed by atoms with Crippen LogP contribution in [0.3, 0.4) is 0 Å². The summed E-state index contributed by atoms with van der Waals surface area (Å²) in [5.41, 5.74) is 0. The number of rotatable bonds is 17. The third kappa shape index (κ3) is 11.9. The molecule has 0 unspecified atom stereocenters. The third-order valence-electron chi connectivity index (χ3n) is 6.94. The number of esters is 2. The van der Waals surface area contributed by atoms with E-state index in [0.29, 0.717) is 18.8 Å². The summed E-state index contributed by atoms with van der Waals surface area (Å²) in [5.74, 6) is -3.72. The molecule has 0 saturated carbocycles. The monoisotopic (exact) mass is 552 g/mol. The van der Waals surface area contributed by atoms with Crippen molar-refractivity contribution in [3.8, 4) is 0 Å². The molecule has 0 spiro atoms. The van der Waals surface area contributed by atoms with Crippen molar-refractivity contribution in [2.75, 3.05) is 14.2 Å². The molecule has 2 amide bonds. The Morgan fingerprint density at radius 1 is 1.00 bits per heavy atom. The second kappa shape index (κ2) is 17.8. The van der Waals surface area contributed by atoms with Crippen molar-refractivity contribution in [1.82, 2.24) is 10.2 Å². The Labute approximate surface area is 235 Å². The van der Waals surface area contributed by atoms with E-state index in [2.05, 4.69) is 5.32 Å². The first kappa shape index (κ1) is 36.3. The van der Waals surface area contributed by atoms with Gasteiger partial charge in [0.25, 0.3) is 0 Å². The number of Topliss-reactive ketones (excluding diaryl/α,β-unsaturated/α-hetero) is 1. The maximum Gasteiger partial charge on any atom is 0.328 e. The van der Waals surface area contributed by atoms with Crippen LogP contribution in [0.25, 0.3) is 0 Å². The zero-order valence-corrected chi connectivity index (χ0v) is 25.9. The van der Waals surface area contributed by atoms with Gasteiger partial charge < -0.3 is 19.7 Å². The Hall–Kier alpha value is -2.71. The van der Waals surface area contributed by atoms with Gasteiger partial charge in [-0.3, -0.25) is 19.2 Å². The largest absolute Gasteiger partial charge is 0.467 e. The predicted octanol–water partition coefficient (Wildman–Crippen LogP) is 4.33. The number of likely N-dealkylation sites (N-methyl/N-ethyl adjacent to an activating group) is 1. The second-order valence-electron chi connectivity index (χ2n) is 11.3. The molecular weight excluding hydrogens is 500 g/mol. The molecule has 0 saturated heterocycles. The number of ketones is 1. The molecule has 0 aliphatic rings. The fourth-order valence-corrected chi connectivity index (χ4v) is 5.04. The fourth-order valence-electron chi connectivity index (χ4n) is 5.04. The smallest absolute Gasteiger partial charge is 0.328 e. The van der Waals surface area contributed by atoms with Gasteiger partial charge in [-0.05, 0) is 43.9 Å². The van der Waals surface area contributed by atoms with E-state index in [4.69, 9.17) is 9.47 Å². The molecule has 39 heavy (non-hydrogen) atoms. The number of carbonyl (C=O) groups excluding carboxylic acids is 5. The Balaban J connectivity index is 6.43. The molecule has 0 aromatic heterocycles. The van der Waals surface area contributed by atoms with Crippen LogP contribution in [0.4, 0.5) is 0 Å². The molecule has 0 aliphatic heterocycles. The summed E-state index contributed by atoms with van der Waals surface area (Å²) in [6.07, 6.45) is 4.06. The van der Waals surface area contributed by atoms with E-state index in [9.17, 15) is 24.0 Å². The topological polar surface area (TPSA) is 119 Å². The number of methoxy groups -OCH3 is 1. The average molecular weight is 553 g/mol. The Morgan fingerprint density at radius 2 is 1.59 bits per heavy atom. The molecule has 0 aliphatic carbocycles. The molecule has 0 heterocycles. The molecule has 1 N–H and O–H groups in total. The van der Waals surface area contributed by atoms with Crippen molar-refractivity contribution in [2.45, 2.75) is 106 Å². The van der Waals surface area contributed by atoms with Crippen molar-refractivity contribution < 1.29 is 33.4 Å². The maximum absolute atomic E-state index is 13.8. The SMILES string of the molecule is C/C=C/C[C@@H](C)[C@@H](OC(C)=O)[C@H](CC(=O)[C@H](C(C)C)N(C)C(=O)[C@@H](C)CC(C)C)C(=O)N[C@@H](CC)C(=O)OC. The molecule has 0 rings (SSSR count). The van der Waals surface area contributed by atoms with E-state index < -0.39 is 42.0 Å². The fraction of sp³-hybridized carbons (Fsp3) is 0.767. The van der Waals surface area contributed by atoms with Crippen LogP contribution in [-0.4, -0.2) is 66.8 Å². The van der Waals surface area contributed by atoms with Gasteiger partial charge in [-0.2, -0.15) is 0 Å². The number of carbonyl (C=O) groups is 5. The highest BCUT2D eigenvalue weighted by Gasteiger charge is 2.41. The zero-order valence-electron chi connectivity index (χ0n) is 25.9. The van der Waals surface area contributed by atoms with E-state index in [1.807, 2.05) is 60.6 Å². The molecular formula is C30H52N2O7. The summed E-state index contributed by atoms with van der Waals surface area (Å²) in [4.78, 5) is 66.5. The van der Waals surface area contributed by atoms with Crippen LogP contribution in [0.1, 0.15) is 88.0 Å². The van der Waals surface area contributed by atoms with Crippen LogP contribution < -0.4 is 5.32 Å². The number of allylic oxidation sites excluding steroid dienone is 2. The minimum Gasteiger partial charge on any atom is -0.467 e. The van der Waals surface area contributed by atoms with Crippen molar-refractivity contribution in [1.29, 1.82) is 0 Å². The van der Waals surface area contributed by atoms with Gasteiger partial charge in [0.15, 0.2) is 5.78 Å². The summed E-state index contributed by atoms with van der Waals surface area (Å²) >= 11 is 0. The van der Waals surface area contributed by atoms with E-state index in [-0.39, 0.29) is 42.3 Å². The first-order valence-electron chi connectivity index (χ1n) is 14.1. The first-order chi connectivity index (χ1) is 18.1. The van der Waals surface area contributed by atoms with Crippen molar-refractivity contribution in [3.63, 3.8) is 0 Å². The van der Waals surface area contributed by atoms with Crippen LogP contribution >= 0.6 is 0 Å². The van der Waals surface area contributed by atoms with Gasteiger partial charge in [-0.1, -0.05) is 60.6 Å². The highest BCUT2D eigenvalue weighted by atomic mass is 16.5. The number of nitrogens with zero attached hydrogens (tertiary/aromatic N) is 1. The molecule has 0 aromatic carbocycles. The van der Waals surface area contributed by atoms with Gasteiger partial charge in [-0.25, -0.2) is 4.79 Å². The summed E-state index contributed by atoms with van der Waals surface area (Å²) in [7, 11) is 2.86. The van der Waals surface area contributed by atoms with Gasteiger partial charge in [-0.15, -0.1) is 0 Å². The number of hydrogen-bond donors (Lipinski definition) is 1. The van der Waals surface area contributed by atoms with E-state index in [1.165, 1.54) is 18.9 Å². The van der Waals surface area contributed by atoms with Crippen molar-refractivity contribution >= 4 is 29.5 Å². The van der Waals surface area contributed by atoms with Gasteiger partial charge in [0.05, 0.1) is 19.1 Å². The molecule has 224 valence electrons. The number of hydrogen-bond acceptors (Lipinski definition) is 7. The lowest BCUT2D eigenvalue weighted by molar-refractivity contribution is -0.158. The molecule has 0 aromatic rings. The quantitative estimate of drug-likeness (QED) is 0.211. The second-order valence-corrected chi connectivity index (χ2v) is 11.3. The Bertz CT molecular complexity index is 852. The van der Waals surface area contributed by atoms with Crippen LogP contribution in [0.2, 0.25) is 0 Å². The average Bonchev–Trinajstić information content (AvgIpc) is 2.85. The Morgan fingerprint density at radius 3 is 2.03 bits per heavy atom. The Kier molecular flexibility index (Phi) is 16.6. The lowest BCUT2D eigenvalue weighted by atomic mass is 9.82. The lowest BCUT2D eigenvalue weighted by Gasteiger charge is -2.35. The highest BCUT2D eigenvalue weighted by Crippen LogP contribution is 2.27. The zero-order chi connectivity index (χ0) is 30.4. The maximum atomic E-state index is 13.8. The van der Waals surface area contributed by atoms with Crippen LogP contribution in [0.5, 0.6) is 0 Å². The molecule has 0 radical (unpaired) electrons. The van der Waals surface area contributed by atoms with Crippen LogP contribution in [0, 0.1) is 29.6 Å². The lowest BCUT2D eigenvalue weighted by Crippen LogP contribution is -2.52. The standard InChI is InChI=1S/C30H52N2O7/c1-12-14-15-20(7)27(39-22(9)33)23(28(35)31-24(13-2)30(37)38-11)17-25(34)26(19(5)6)32(10)29(36)21(8)16-18(3)4/h12,14,18-21,23-24,26-27H,13,15-17H2,1-11H3,(H,31,35)/b14-12+/t20-,21+,23+,24+,26+,27-/m1/s1. The predicted molar refractivity (Wildman–Crippen MR) is 152 cm³/mol. The van der Waals surface area contributed by atoms with Gasteiger partial charge >= 0.3 is 11.9 Å². The van der Waals surface area contributed by atoms with Crippen molar-refractivity contribution in [2.24, 2.45) is 29.6 Å². The van der Waals surface area contributed by atoms with E-state index in [0.717, 1.165) is 0 Å². The third-order valence-corrected chi connectivity index (χ3v) is 6.94. The highest BCUT2D eigenvalue weighted by molar-refractivity contribution is 5.94. The number of ether oxygens (including phenoxy) is 2. The number of nitrogens with one attached hydrogen (secondary N) is 1. The minimum atomic E-state index is -1.07. The van der Waals surface area contributed by atoms with Crippen molar-refractivity contribution in [3.05, 3.63) is 12.2 Å². The summed E-state index contributed by atoms with van der Waals surface area (Å²) < 4.78 is 10.5. The molecule has 6 atom stereocenters. The molecule has 0 bridgehead atoms. The number of amides is 2. The van der Waals surface area contributed by atoms with Gasteiger partial charge in [0, 0.05) is 26.3 Å². The van der Waals surface area contributed by atoms with E-state index >= 15 is 0 Å². The molecule has 9 nitrogen and oxygen atoms in total. The molecule has 0 fully saturated rings. The molecule has 9 heteroatoms. The van der Waals surface area contributed by atoms with Crippen LogP contribution in [0.15, 0.2) is 12.2 Å². The van der Waals surface area contributed by atoms with Gasteiger partial charge in [0.2, 0.25) is 11.8 Å². The van der Waals surface area contributed by atoms with Crippen LogP contribution in [-0.2, 0) is 33.4 Å². The summed E-state index contributed by atoms with van der Waals surface area (Å²) in [5, 5.41) is 2.69. The van der Waals surface area contributed by atoms with Gasteiger partial charge in [0.1, 0.15) is 12.1 Å². The normalized spacial score (nSPS) is 16.2. The van der Waals surface area contributed by atoms with E-state index in [1.54, 1.807) is 14.0 Å².